The molecule has 0 aromatic heterocycles. The Morgan fingerprint density at radius 2 is 2.31 bits per heavy atom. The second-order valence-electron chi connectivity index (χ2n) is 3.12. The molecule has 1 aliphatic heterocycles. The van der Waals surface area contributed by atoms with E-state index >= 15 is 0 Å². The molecule has 0 saturated carbocycles. The van der Waals surface area contributed by atoms with Gasteiger partial charge in [0.1, 0.15) is 5.75 Å². The third-order valence-electron chi connectivity index (χ3n) is 2.09. The van der Waals surface area contributed by atoms with Gasteiger partial charge in [0.25, 0.3) is 0 Å². The van der Waals surface area contributed by atoms with E-state index in [0.717, 1.165) is 23.7 Å². The van der Waals surface area contributed by atoms with Crippen LogP contribution in [0.2, 0.25) is 0 Å². The molecule has 0 saturated heterocycles. The van der Waals surface area contributed by atoms with E-state index in [4.69, 9.17) is 4.74 Å². The number of thioether (sulfide) groups is 1. The van der Waals surface area contributed by atoms with Crippen LogP contribution < -0.4 is 10.1 Å². The van der Waals surface area contributed by atoms with Gasteiger partial charge in [-0.2, -0.15) is 0 Å². The number of methoxy groups -OCH3 is 1. The molecule has 70 valence electrons. The van der Waals surface area contributed by atoms with Crippen LogP contribution in [-0.4, -0.2) is 19.4 Å². The third kappa shape index (κ3) is 1.61. The monoisotopic (exact) mass is 195 g/mol. The van der Waals surface area contributed by atoms with Gasteiger partial charge in [-0.15, -0.1) is 11.8 Å². The number of ether oxygens (including phenoxy) is 1. The van der Waals surface area contributed by atoms with Crippen molar-refractivity contribution in [3.63, 3.8) is 0 Å². The molecule has 1 aromatic rings. The number of hydrogen-bond donors (Lipinski definition) is 1. The topological polar surface area (TPSA) is 21.3 Å². The second kappa shape index (κ2) is 3.50. The van der Waals surface area contributed by atoms with Crippen LogP contribution in [0.4, 0.5) is 5.69 Å². The van der Waals surface area contributed by atoms with Crippen molar-refractivity contribution < 1.29 is 4.74 Å². The van der Waals surface area contributed by atoms with Crippen molar-refractivity contribution in [3.05, 3.63) is 17.7 Å². The summed E-state index contributed by atoms with van der Waals surface area (Å²) in [5.74, 6) is 2.10. The Hall–Kier alpha value is -0.830. The summed E-state index contributed by atoms with van der Waals surface area (Å²) in [5.41, 5.74) is 2.41. The Labute approximate surface area is 82.7 Å². The van der Waals surface area contributed by atoms with E-state index < -0.39 is 0 Å². The molecule has 0 fully saturated rings. The molecule has 0 atom stereocenters. The van der Waals surface area contributed by atoms with Crippen LogP contribution in [0.25, 0.3) is 0 Å². The standard InChI is InChI=1S/C10H13NOS/c1-7-5-8(12-2)10-9(6-7)13-4-3-11-10/h5-6,11H,3-4H2,1-2H3. The van der Waals surface area contributed by atoms with Crippen LogP contribution in [0, 0.1) is 6.92 Å². The van der Waals surface area contributed by atoms with Gasteiger partial charge < -0.3 is 10.1 Å². The van der Waals surface area contributed by atoms with E-state index in [1.807, 2.05) is 11.8 Å². The van der Waals surface area contributed by atoms with Crippen LogP contribution in [-0.2, 0) is 0 Å². The Morgan fingerprint density at radius 3 is 3.08 bits per heavy atom. The summed E-state index contributed by atoms with van der Waals surface area (Å²) < 4.78 is 5.32. The van der Waals surface area contributed by atoms with Crippen LogP contribution in [0.1, 0.15) is 5.56 Å². The van der Waals surface area contributed by atoms with E-state index in [1.165, 1.54) is 10.5 Å². The SMILES string of the molecule is COc1cc(C)cc2c1NCCS2. The minimum Gasteiger partial charge on any atom is -0.495 e. The highest BCUT2D eigenvalue weighted by molar-refractivity contribution is 7.99. The van der Waals surface area contributed by atoms with Crippen LogP contribution >= 0.6 is 11.8 Å². The summed E-state index contributed by atoms with van der Waals surface area (Å²) in [6, 6.07) is 4.27. The first-order valence-electron chi connectivity index (χ1n) is 4.36. The van der Waals surface area contributed by atoms with Crippen molar-refractivity contribution >= 4 is 17.4 Å². The molecule has 3 heteroatoms. The minimum atomic E-state index is 0.960. The number of benzene rings is 1. The molecule has 0 unspecified atom stereocenters. The van der Waals surface area contributed by atoms with Gasteiger partial charge in [0.05, 0.1) is 12.8 Å². The maximum Gasteiger partial charge on any atom is 0.143 e. The number of hydrogen-bond acceptors (Lipinski definition) is 3. The van der Waals surface area contributed by atoms with Crippen molar-refractivity contribution in [3.8, 4) is 5.75 Å². The Kier molecular flexibility index (Phi) is 2.36. The van der Waals surface area contributed by atoms with Gasteiger partial charge in [-0.05, 0) is 24.6 Å². The molecule has 0 amide bonds. The first-order chi connectivity index (χ1) is 6.31. The van der Waals surface area contributed by atoms with Crippen molar-refractivity contribution in [2.24, 2.45) is 0 Å². The minimum absolute atomic E-state index is 0.960. The second-order valence-corrected chi connectivity index (χ2v) is 4.25. The highest BCUT2D eigenvalue weighted by Crippen LogP contribution is 2.38. The summed E-state index contributed by atoms with van der Waals surface area (Å²) in [4.78, 5) is 1.31. The lowest BCUT2D eigenvalue weighted by atomic mass is 10.2. The summed E-state index contributed by atoms with van der Waals surface area (Å²) in [6.45, 7) is 3.12. The number of anilines is 1. The molecule has 2 nitrogen and oxygen atoms in total. The Balaban J connectivity index is 2.50. The van der Waals surface area contributed by atoms with Gasteiger partial charge in [-0.1, -0.05) is 0 Å². The molecule has 13 heavy (non-hydrogen) atoms. The van der Waals surface area contributed by atoms with E-state index in [-0.39, 0.29) is 0 Å². The number of rotatable bonds is 1. The molecule has 0 spiro atoms. The molecule has 2 rings (SSSR count). The summed E-state index contributed by atoms with van der Waals surface area (Å²) >= 11 is 1.89. The lowest BCUT2D eigenvalue weighted by molar-refractivity contribution is 0.415. The largest absolute Gasteiger partial charge is 0.495 e. The predicted molar refractivity (Wildman–Crippen MR) is 56.9 cm³/mol. The van der Waals surface area contributed by atoms with Crippen LogP contribution in [0.15, 0.2) is 17.0 Å². The molecule has 0 bridgehead atoms. The molecular formula is C10H13NOS. The van der Waals surface area contributed by atoms with Crippen molar-refractivity contribution in [2.75, 3.05) is 24.7 Å². The lowest BCUT2D eigenvalue weighted by Crippen LogP contribution is -2.11. The van der Waals surface area contributed by atoms with E-state index in [2.05, 4.69) is 24.4 Å². The predicted octanol–water partition coefficient (Wildman–Crippen LogP) is 2.52. The highest BCUT2D eigenvalue weighted by atomic mass is 32.2. The van der Waals surface area contributed by atoms with Crippen LogP contribution in [0.3, 0.4) is 0 Å². The molecule has 1 aliphatic rings. The zero-order valence-electron chi connectivity index (χ0n) is 7.89. The normalized spacial score (nSPS) is 14.6. The maximum atomic E-state index is 5.32. The summed E-state index contributed by atoms with van der Waals surface area (Å²) in [7, 11) is 1.72. The molecule has 1 aromatic carbocycles. The average Bonchev–Trinajstić information content (AvgIpc) is 2.16. The van der Waals surface area contributed by atoms with E-state index in [0.29, 0.717) is 0 Å². The van der Waals surface area contributed by atoms with Gasteiger partial charge in [-0.3, -0.25) is 0 Å². The fourth-order valence-electron chi connectivity index (χ4n) is 1.51. The number of nitrogens with one attached hydrogen (secondary N) is 1. The van der Waals surface area contributed by atoms with E-state index in [9.17, 15) is 0 Å². The fourth-order valence-corrected chi connectivity index (χ4v) is 2.52. The fraction of sp³-hybridized carbons (Fsp3) is 0.400. The first-order valence-corrected chi connectivity index (χ1v) is 5.35. The number of aryl methyl sites for hydroxylation is 1. The van der Waals surface area contributed by atoms with Gasteiger partial charge in [-0.25, -0.2) is 0 Å². The molecule has 1 heterocycles. The van der Waals surface area contributed by atoms with Gasteiger partial charge in [0.15, 0.2) is 0 Å². The zero-order chi connectivity index (χ0) is 9.26. The zero-order valence-corrected chi connectivity index (χ0v) is 8.70. The van der Waals surface area contributed by atoms with E-state index in [1.54, 1.807) is 7.11 Å². The first kappa shape index (κ1) is 8.75. The smallest absolute Gasteiger partial charge is 0.143 e. The maximum absolute atomic E-state index is 5.32. The van der Waals surface area contributed by atoms with Crippen molar-refractivity contribution in [1.29, 1.82) is 0 Å². The molecule has 0 radical (unpaired) electrons. The molecule has 1 N–H and O–H groups in total. The highest BCUT2D eigenvalue weighted by Gasteiger charge is 2.13. The Bertz CT molecular complexity index is 308. The lowest BCUT2D eigenvalue weighted by Gasteiger charge is -2.20. The third-order valence-corrected chi connectivity index (χ3v) is 3.13. The summed E-state index contributed by atoms with van der Waals surface area (Å²) in [5, 5.41) is 3.36. The van der Waals surface area contributed by atoms with Crippen molar-refractivity contribution in [1.82, 2.24) is 0 Å². The summed E-state index contributed by atoms with van der Waals surface area (Å²) in [6.07, 6.45) is 0. The molecule has 0 aliphatic carbocycles. The molecular weight excluding hydrogens is 182 g/mol. The van der Waals surface area contributed by atoms with Gasteiger partial charge in [0.2, 0.25) is 0 Å². The quantitative estimate of drug-likeness (QED) is 0.744. The van der Waals surface area contributed by atoms with Crippen molar-refractivity contribution in [2.45, 2.75) is 11.8 Å². The number of fused-ring (bicyclic) bond motifs is 1. The van der Waals surface area contributed by atoms with Crippen LogP contribution in [0.5, 0.6) is 5.75 Å². The van der Waals surface area contributed by atoms with Gasteiger partial charge in [0, 0.05) is 17.2 Å². The van der Waals surface area contributed by atoms with Gasteiger partial charge >= 0.3 is 0 Å². The average molecular weight is 195 g/mol. The Morgan fingerprint density at radius 1 is 1.46 bits per heavy atom.